The van der Waals surface area contributed by atoms with Gasteiger partial charge in [0.15, 0.2) is 5.16 Å². The van der Waals surface area contributed by atoms with E-state index in [1.165, 1.54) is 15.1 Å². The van der Waals surface area contributed by atoms with Gasteiger partial charge in [-0.1, -0.05) is 18.7 Å². The zero-order chi connectivity index (χ0) is 13.9. The zero-order valence-electron chi connectivity index (χ0n) is 11.5. The largest absolute Gasteiger partial charge is 0.283 e. The summed E-state index contributed by atoms with van der Waals surface area (Å²) in [6.07, 6.45) is 3.25. The maximum Gasteiger partial charge on any atom is 0.283 e. The molecule has 2 aromatic rings. The average Bonchev–Trinajstić information content (AvgIpc) is 2.77. The van der Waals surface area contributed by atoms with Gasteiger partial charge in [-0.25, -0.2) is 4.98 Å². The minimum absolute atomic E-state index is 0.0172. The molecule has 0 spiro atoms. The monoisotopic (exact) mass is 305 g/mol. The topological polar surface area (TPSA) is 47.2 Å². The summed E-state index contributed by atoms with van der Waals surface area (Å²) in [7, 11) is 0. The molecule has 0 saturated carbocycles. The van der Waals surface area contributed by atoms with E-state index in [1.54, 1.807) is 23.1 Å². The van der Waals surface area contributed by atoms with Crippen LogP contribution in [0.4, 0.5) is 0 Å². The lowest BCUT2D eigenvalue weighted by Crippen LogP contribution is -2.24. The van der Waals surface area contributed by atoms with Crippen LogP contribution in [0.1, 0.15) is 30.7 Å². The van der Waals surface area contributed by atoms with Gasteiger partial charge in [0.2, 0.25) is 0 Å². The predicted molar refractivity (Wildman–Crippen MR) is 84.3 cm³/mol. The third-order valence-corrected chi connectivity index (χ3v) is 6.19. The van der Waals surface area contributed by atoms with E-state index in [9.17, 15) is 4.79 Å². The molecular formula is C14H15N3OS2. The first-order valence-corrected chi connectivity index (χ1v) is 8.68. The standard InChI is InChI=1S/C14H15N3OS2/c1-7-3-4-9-10(5-7)20-12-11(9)13(18)17-14(15-12)19-6-8(2)16-17/h7H,3-6H2,1-2H3/t7-/m0/s1. The summed E-state index contributed by atoms with van der Waals surface area (Å²) in [5, 5.41) is 5.94. The van der Waals surface area contributed by atoms with Crippen LogP contribution >= 0.6 is 23.1 Å². The third kappa shape index (κ3) is 1.78. The third-order valence-electron chi connectivity index (χ3n) is 3.96. The number of aromatic nitrogens is 2. The van der Waals surface area contributed by atoms with Crippen LogP contribution in [0.5, 0.6) is 0 Å². The first kappa shape index (κ1) is 12.6. The van der Waals surface area contributed by atoms with Crippen molar-refractivity contribution < 1.29 is 0 Å². The molecule has 0 amide bonds. The second-order valence-electron chi connectivity index (χ2n) is 5.67. The molecule has 1 aliphatic carbocycles. The Kier molecular flexibility index (Phi) is 2.79. The van der Waals surface area contributed by atoms with Crippen molar-refractivity contribution in [2.24, 2.45) is 11.0 Å². The molecule has 4 nitrogen and oxygen atoms in total. The molecule has 0 saturated heterocycles. The molecule has 1 atom stereocenters. The number of fused-ring (bicyclic) bond motifs is 4. The van der Waals surface area contributed by atoms with Gasteiger partial charge in [0, 0.05) is 16.3 Å². The Morgan fingerprint density at radius 3 is 3.10 bits per heavy atom. The van der Waals surface area contributed by atoms with Gasteiger partial charge >= 0.3 is 0 Å². The molecule has 104 valence electrons. The minimum Gasteiger partial charge on any atom is -0.267 e. The number of thiophene rings is 1. The van der Waals surface area contributed by atoms with Crippen LogP contribution in [0.3, 0.4) is 0 Å². The first-order valence-electron chi connectivity index (χ1n) is 6.88. The van der Waals surface area contributed by atoms with Gasteiger partial charge in [-0.15, -0.1) is 11.3 Å². The number of thioether (sulfide) groups is 1. The summed E-state index contributed by atoms with van der Waals surface area (Å²) in [5.74, 6) is 1.53. The van der Waals surface area contributed by atoms with Gasteiger partial charge < -0.3 is 0 Å². The number of aryl methyl sites for hydroxylation is 1. The Morgan fingerprint density at radius 2 is 2.25 bits per heavy atom. The van der Waals surface area contributed by atoms with Crippen LogP contribution in [0.2, 0.25) is 0 Å². The fraction of sp³-hybridized carbons (Fsp3) is 0.500. The number of nitrogens with zero attached hydrogens (tertiary/aromatic N) is 3. The number of hydrogen-bond donors (Lipinski definition) is 0. The van der Waals surface area contributed by atoms with Crippen molar-refractivity contribution in [1.82, 2.24) is 9.66 Å². The molecule has 2 aromatic heterocycles. The fourth-order valence-electron chi connectivity index (χ4n) is 2.91. The van der Waals surface area contributed by atoms with E-state index in [0.29, 0.717) is 5.92 Å². The number of rotatable bonds is 0. The molecule has 4 rings (SSSR count). The van der Waals surface area contributed by atoms with Crippen LogP contribution in [0.15, 0.2) is 15.1 Å². The van der Waals surface area contributed by atoms with Gasteiger partial charge in [-0.2, -0.15) is 9.78 Å². The normalized spacial score (nSPS) is 21.5. The van der Waals surface area contributed by atoms with Crippen LogP contribution in [0, 0.1) is 5.92 Å². The van der Waals surface area contributed by atoms with Crippen molar-refractivity contribution in [2.45, 2.75) is 38.3 Å². The van der Waals surface area contributed by atoms with Gasteiger partial charge in [0.05, 0.1) is 5.39 Å². The first-order chi connectivity index (χ1) is 9.63. The maximum atomic E-state index is 12.7. The highest BCUT2D eigenvalue weighted by molar-refractivity contribution is 7.99. The highest BCUT2D eigenvalue weighted by Crippen LogP contribution is 2.36. The summed E-state index contributed by atoms with van der Waals surface area (Å²) in [6.45, 7) is 4.24. The smallest absolute Gasteiger partial charge is 0.267 e. The minimum atomic E-state index is 0.0172. The molecule has 0 N–H and O–H groups in total. The van der Waals surface area contributed by atoms with Crippen molar-refractivity contribution in [1.29, 1.82) is 0 Å². The van der Waals surface area contributed by atoms with Crippen molar-refractivity contribution in [2.75, 3.05) is 5.75 Å². The summed E-state index contributed by atoms with van der Waals surface area (Å²) in [6, 6.07) is 0. The molecule has 0 unspecified atom stereocenters. The molecule has 0 fully saturated rings. The highest BCUT2D eigenvalue weighted by atomic mass is 32.2. The predicted octanol–water partition coefficient (Wildman–Crippen LogP) is 2.91. The summed E-state index contributed by atoms with van der Waals surface area (Å²) in [4.78, 5) is 19.7. The van der Waals surface area contributed by atoms with Crippen molar-refractivity contribution in [3.8, 4) is 0 Å². The lowest BCUT2D eigenvalue weighted by molar-refractivity contribution is 0.509. The van der Waals surface area contributed by atoms with E-state index in [4.69, 9.17) is 0 Å². The van der Waals surface area contributed by atoms with Crippen LogP contribution in [-0.4, -0.2) is 21.1 Å². The van der Waals surface area contributed by atoms with Gasteiger partial charge in [-0.05, 0) is 37.7 Å². The Labute approximate surface area is 124 Å². The molecule has 2 aliphatic rings. The van der Waals surface area contributed by atoms with Gasteiger partial charge in [0.1, 0.15) is 4.83 Å². The Morgan fingerprint density at radius 1 is 1.40 bits per heavy atom. The van der Waals surface area contributed by atoms with Gasteiger partial charge in [-0.3, -0.25) is 4.79 Å². The Bertz CT molecular complexity index is 803. The average molecular weight is 305 g/mol. The quantitative estimate of drug-likeness (QED) is 0.703. The number of hydrogen-bond acceptors (Lipinski definition) is 5. The lowest BCUT2D eigenvalue weighted by atomic mass is 9.89. The van der Waals surface area contributed by atoms with E-state index >= 15 is 0 Å². The molecule has 0 radical (unpaired) electrons. The molecular weight excluding hydrogens is 290 g/mol. The molecule has 3 heterocycles. The second-order valence-corrected chi connectivity index (χ2v) is 7.69. The van der Waals surface area contributed by atoms with E-state index in [0.717, 1.165) is 46.1 Å². The van der Waals surface area contributed by atoms with Crippen molar-refractivity contribution in [3.63, 3.8) is 0 Å². The Hall–Kier alpha value is -1.14. The van der Waals surface area contributed by atoms with E-state index in [1.807, 2.05) is 6.92 Å². The fourth-order valence-corrected chi connectivity index (χ4v) is 5.14. The molecule has 1 aliphatic heterocycles. The summed E-state index contributed by atoms with van der Waals surface area (Å²) >= 11 is 3.31. The molecule has 6 heteroatoms. The van der Waals surface area contributed by atoms with E-state index < -0.39 is 0 Å². The van der Waals surface area contributed by atoms with Crippen LogP contribution in [-0.2, 0) is 12.8 Å². The van der Waals surface area contributed by atoms with Crippen molar-refractivity contribution >= 4 is 39.0 Å². The Balaban J connectivity index is 2.03. The van der Waals surface area contributed by atoms with Crippen molar-refractivity contribution in [3.05, 3.63) is 20.8 Å². The zero-order valence-corrected chi connectivity index (χ0v) is 13.1. The highest BCUT2D eigenvalue weighted by Gasteiger charge is 2.25. The van der Waals surface area contributed by atoms with Gasteiger partial charge in [0.25, 0.3) is 5.56 Å². The maximum absolute atomic E-state index is 12.7. The van der Waals surface area contributed by atoms with E-state index in [2.05, 4.69) is 17.0 Å². The van der Waals surface area contributed by atoms with E-state index in [-0.39, 0.29) is 5.56 Å². The van der Waals surface area contributed by atoms with Crippen LogP contribution in [0.25, 0.3) is 10.2 Å². The summed E-state index contributed by atoms with van der Waals surface area (Å²) in [5.41, 5.74) is 2.23. The molecule has 0 bridgehead atoms. The molecule has 20 heavy (non-hydrogen) atoms. The summed E-state index contributed by atoms with van der Waals surface area (Å²) < 4.78 is 1.50. The van der Waals surface area contributed by atoms with Crippen LogP contribution < -0.4 is 5.56 Å². The second kappa shape index (κ2) is 4.43. The SMILES string of the molecule is CC1=Nn2c(nc3sc4c(c3c2=O)CC[C@H](C)C4)SC1. The lowest BCUT2D eigenvalue weighted by Gasteiger charge is -2.17. The molecule has 0 aromatic carbocycles.